The number of hydrogen-bond acceptors (Lipinski definition) is 2. The van der Waals surface area contributed by atoms with Gasteiger partial charge in [-0.05, 0) is 42.4 Å². The van der Waals surface area contributed by atoms with E-state index in [4.69, 9.17) is 0 Å². The third-order valence-electron chi connectivity index (χ3n) is 4.82. The molecule has 0 unspecified atom stereocenters. The molecule has 0 atom stereocenters. The number of hydrogen-bond donors (Lipinski definition) is 1. The Labute approximate surface area is 138 Å². The molecule has 0 saturated heterocycles. The molecule has 3 heteroatoms. The van der Waals surface area contributed by atoms with Gasteiger partial charge < -0.3 is 5.32 Å². The van der Waals surface area contributed by atoms with E-state index in [1.54, 1.807) is 12.4 Å². The molecule has 1 aliphatic carbocycles. The molecular formula is C20H24N2O. The quantitative estimate of drug-likeness (QED) is 0.877. The lowest BCUT2D eigenvalue weighted by molar-refractivity contribution is -0.119. The van der Waals surface area contributed by atoms with Crippen molar-refractivity contribution in [2.24, 2.45) is 5.41 Å². The fourth-order valence-corrected chi connectivity index (χ4v) is 3.73. The molecule has 1 N–H and O–H groups in total. The van der Waals surface area contributed by atoms with Crippen LogP contribution in [0.4, 0.5) is 5.69 Å². The lowest BCUT2D eigenvalue weighted by atomic mass is 9.68. The third-order valence-corrected chi connectivity index (χ3v) is 4.82. The van der Waals surface area contributed by atoms with Crippen LogP contribution in [0.1, 0.15) is 44.1 Å². The molecule has 120 valence electrons. The van der Waals surface area contributed by atoms with E-state index in [0.29, 0.717) is 6.42 Å². The lowest BCUT2D eigenvalue weighted by Crippen LogP contribution is -2.32. The van der Waals surface area contributed by atoms with Gasteiger partial charge in [-0.3, -0.25) is 9.78 Å². The Morgan fingerprint density at radius 1 is 1.04 bits per heavy atom. The van der Waals surface area contributed by atoms with E-state index in [1.807, 2.05) is 18.2 Å². The molecular weight excluding hydrogens is 284 g/mol. The van der Waals surface area contributed by atoms with E-state index in [0.717, 1.165) is 24.9 Å². The predicted octanol–water partition coefficient (Wildman–Crippen LogP) is 4.60. The number of nitrogens with one attached hydrogen (secondary N) is 1. The largest absolute Gasteiger partial charge is 0.325 e. The first-order valence-electron chi connectivity index (χ1n) is 8.50. The van der Waals surface area contributed by atoms with Gasteiger partial charge in [0.2, 0.25) is 5.91 Å². The molecule has 3 nitrogen and oxygen atoms in total. The summed E-state index contributed by atoms with van der Waals surface area (Å²) in [7, 11) is 0. The summed E-state index contributed by atoms with van der Waals surface area (Å²) in [5.41, 5.74) is 2.22. The van der Waals surface area contributed by atoms with Gasteiger partial charge in [0, 0.05) is 12.6 Å². The Morgan fingerprint density at radius 3 is 2.52 bits per heavy atom. The van der Waals surface area contributed by atoms with Crippen molar-refractivity contribution >= 4 is 11.6 Å². The fraction of sp³-hybridized carbons (Fsp3) is 0.400. The second-order valence-corrected chi connectivity index (χ2v) is 6.69. The van der Waals surface area contributed by atoms with Gasteiger partial charge in [-0.15, -0.1) is 0 Å². The molecule has 3 rings (SSSR count). The summed E-state index contributed by atoms with van der Waals surface area (Å²) in [6.07, 6.45) is 11.0. The van der Waals surface area contributed by atoms with Crippen LogP contribution < -0.4 is 5.32 Å². The molecule has 0 aliphatic heterocycles. The average molecular weight is 308 g/mol. The third kappa shape index (κ3) is 4.41. The number of carbonyl (C=O) groups excluding carboxylic acids is 1. The zero-order valence-electron chi connectivity index (χ0n) is 13.5. The predicted molar refractivity (Wildman–Crippen MR) is 93.1 cm³/mol. The monoisotopic (exact) mass is 308 g/mol. The number of nitrogens with zero attached hydrogens (tertiary/aromatic N) is 1. The highest BCUT2D eigenvalue weighted by Gasteiger charge is 2.34. The van der Waals surface area contributed by atoms with Gasteiger partial charge in [0.25, 0.3) is 0 Å². The normalized spacial score (nSPS) is 16.7. The molecule has 0 bridgehead atoms. The van der Waals surface area contributed by atoms with Crippen molar-refractivity contribution in [3.8, 4) is 0 Å². The van der Waals surface area contributed by atoms with Crippen LogP contribution in [0.3, 0.4) is 0 Å². The van der Waals surface area contributed by atoms with Gasteiger partial charge >= 0.3 is 0 Å². The molecule has 1 fully saturated rings. The minimum Gasteiger partial charge on any atom is -0.325 e. The van der Waals surface area contributed by atoms with E-state index in [-0.39, 0.29) is 11.3 Å². The number of aromatic nitrogens is 1. The van der Waals surface area contributed by atoms with Gasteiger partial charge in [-0.25, -0.2) is 0 Å². The first kappa shape index (κ1) is 15.7. The summed E-state index contributed by atoms with van der Waals surface area (Å²) in [4.78, 5) is 16.6. The summed E-state index contributed by atoms with van der Waals surface area (Å²) in [6.45, 7) is 0. The highest BCUT2D eigenvalue weighted by Crippen LogP contribution is 2.42. The Kier molecular flexibility index (Phi) is 5.06. The highest BCUT2D eigenvalue weighted by atomic mass is 16.1. The minimum atomic E-state index is 0.103. The smallest absolute Gasteiger partial charge is 0.224 e. The van der Waals surface area contributed by atoms with Crippen LogP contribution in [0, 0.1) is 5.41 Å². The molecule has 2 aromatic rings. The topological polar surface area (TPSA) is 42.0 Å². The first-order chi connectivity index (χ1) is 11.3. The van der Waals surface area contributed by atoms with Crippen LogP contribution in [0.2, 0.25) is 0 Å². The van der Waals surface area contributed by atoms with Crippen molar-refractivity contribution < 1.29 is 4.79 Å². The van der Waals surface area contributed by atoms with Crippen molar-refractivity contribution in [2.45, 2.75) is 44.9 Å². The van der Waals surface area contributed by atoms with Crippen LogP contribution in [0.5, 0.6) is 0 Å². The number of pyridine rings is 1. The van der Waals surface area contributed by atoms with Crippen LogP contribution in [0.25, 0.3) is 0 Å². The minimum absolute atomic E-state index is 0.103. The lowest BCUT2D eigenvalue weighted by Gasteiger charge is -2.37. The molecule has 1 saturated carbocycles. The van der Waals surface area contributed by atoms with Crippen molar-refractivity contribution in [3.63, 3.8) is 0 Å². The van der Waals surface area contributed by atoms with Gasteiger partial charge in [-0.1, -0.05) is 49.6 Å². The molecule has 1 aromatic carbocycles. The van der Waals surface area contributed by atoms with Crippen LogP contribution in [0.15, 0.2) is 54.9 Å². The summed E-state index contributed by atoms with van der Waals surface area (Å²) in [6, 6.07) is 14.3. The second-order valence-electron chi connectivity index (χ2n) is 6.69. The van der Waals surface area contributed by atoms with Crippen molar-refractivity contribution in [3.05, 3.63) is 60.4 Å². The Bertz CT molecular complexity index is 619. The van der Waals surface area contributed by atoms with E-state index in [1.165, 1.54) is 24.8 Å². The van der Waals surface area contributed by atoms with Crippen molar-refractivity contribution in [1.82, 2.24) is 4.98 Å². The van der Waals surface area contributed by atoms with E-state index >= 15 is 0 Å². The first-order valence-corrected chi connectivity index (χ1v) is 8.50. The summed E-state index contributed by atoms with van der Waals surface area (Å²) >= 11 is 0. The highest BCUT2D eigenvalue weighted by molar-refractivity contribution is 5.91. The standard InChI is InChI=1S/C20H24N2O/c23-19(22-18-10-7-13-21-16-18)15-20(11-5-2-6-12-20)14-17-8-3-1-4-9-17/h1,3-4,7-10,13,16H,2,5-6,11-12,14-15H2,(H,22,23). The summed E-state index contributed by atoms with van der Waals surface area (Å²) in [5, 5.41) is 3.00. The zero-order valence-corrected chi connectivity index (χ0v) is 13.5. The number of benzene rings is 1. The van der Waals surface area contributed by atoms with Gasteiger partial charge in [0.1, 0.15) is 0 Å². The van der Waals surface area contributed by atoms with Crippen molar-refractivity contribution in [1.29, 1.82) is 0 Å². The molecule has 23 heavy (non-hydrogen) atoms. The van der Waals surface area contributed by atoms with E-state index < -0.39 is 0 Å². The van der Waals surface area contributed by atoms with Crippen LogP contribution >= 0.6 is 0 Å². The molecule has 0 spiro atoms. The van der Waals surface area contributed by atoms with Crippen LogP contribution in [-0.2, 0) is 11.2 Å². The van der Waals surface area contributed by atoms with Gasteiger partial charge in [-0.2, -0.15) is 0 Å². The maximum absolute atomic E-state index is 12.5. The summed E-state index contributed by atoms with van der Waals surface area (Å²) in [5.74, 6) is 0.107. The maximum atomic E-state index is 12.5. The molecule has 1 heterocycles. The number of amides is 1. The molecule has 1 aliphatic rings. The SMILES string of the molecule is O=C(CC1(Cc2ccccc2)CCCCC1)Nc1cccnc1. The Hall–Kier alpha value is -2.16. The Balaban J connectivity index is 1.70. The number of rotatable bonds is 5. The maximum Gasteiger partial charge on any atom is 0.224 e. The van der Waals surface area contributed by atoms with Crippen molar-refractivity contribution in [2.75, 3.05) is 5.32 Å². The van der Waals surface area contributed by atoms with E-state index in [9.17, 15) is 4.79 Å². The molecule has 1 aromatic heterocycles. The zero-order chi connectivity index (χ0) is 16.0. The second kappa shape index (κ2) is 7.40. The van der Waals surface area contributed by atoms with E-state index in [2.05, 4.69) is 34.6 Å². The fourth-order valence-electron chi connectivity index (χ4n) is 3.73. The Morgan fingerprint density at radius 2 is 1.83 bits per heavy atom. The number of anilines is 1. The summed E-state index contributed by atoms with van der Waals surface area (Å²) < 4.78 is 0. The van der Waals surface area contributed by atoms with Crippen LogP contribution in [-0.4, -0.2) is 10.9 Å². The van der Waals surface area contributed by atoms with Gasteiger partial charge in [0.15, 0.2) is 0 Å². The molecule has 0 radical (unpaired) electrons. The average Bonchev–Trinajstić information content (AvgIpc) is 2.57. The van der Waals surface area contributed by atoms with Gasteiger partial charge in [0.05, 0.1) is 11.9 Å². The molecule has 1 amide bonds. The number of carbonyl (C=O) groups is 1.